The molecule has 0 aliphatic rings. The molecule has 0 saturated heterocycles. The van der Waals surface area contributed by atoms with Gasteiger partial charge in [0.05, 0.1) is 14.2 Å². The topological polar surface area (TPSA) is 52.6 Å². The number of allylic oxidation sites excluding steroid dienone is 1. The number of methoxy groups -OCH3 is 2. The normalized spacial score (nSPS) is 10.2. The van der Waals surface area contributed by atoms with Crippen LogP contribution in [-0.4, -0.2) is 32.6 Å². The fraction of sp³-hybridized carbons (Fsp3) is 0.231. The van der Waals surface area contributed by atoms with E-state index in [0.717, 1.165) is 20.3 Å². The molecular weight excluding hydrogens is 296 g/mol. The summed E-state index contributed by atoms with van der Waals surface area (Å²) in [5.41, 5.74) is -2.72. The molecule has 0 N–H and O–H groups in total. The van der Waals surface area contributed by atoms with E-state index in [1.54, 1.807) is 0 Å². The van der Waals surface area contributed by atoms with Gasteiger partial charge in [0, 0.05) is 5.57 Å². The quantitative estimate of drug-likeness (QED) is 0.282. The van der Waals surface area contributed by atoms with Crippen LogP contribution in [-0.2, 0) is 19.1 Å². The Labute approximate surface area is 117 Å². The van der Waals surface area contributed by atoms with Gasteiger partial charge in [-0.3, -0.25) is 0 Å². The van der Waals surface area contributed by atoms with Crippen molar-refractivity contribution < 1.29 is 36.6 Å². The first-order valence-corrected chi connectivity index (χ1v) is 5.47. The number of rotatable bonds is 4. The van der Waals surface area contributed by atoms with E-state index in [1.807, 2.05) is 0 Å². The van der Waals surface area contributed by atoms with Gasteiger partial charge in [0.25, 0.3) is 6.43 Å². The van der Waals surface area contributed by atoms with Crippen molar-refractivity contribution in [3.8, 4) is 0 Å². The molecule has 0 radical (unpaired) electrons. The molecule has 21 heavy (non-hydrogen) atoms. The second-order valence-electron chi connectivity index (χ2n) is 3.70. The zero-order chi connectivity index (χ0) is 16.2. The Morgan fingerprint density at radius 2 is 1.52 bits per heavy atom. The molecule has 0 bridgehead atoms. The molecule has 0 saturated carbocycles. The maximum Gasteiger partial charge on any atom is 0.345 e. The average molecular weight is 306 g/mol. The van der Waals surface area contributed by atoms with Gasteiger partial charge in [-0.25, -0.2) is 27.2 Å². The number of carbonyl (C=O) groups is 2. The molecule has 0 aliphatic carbocycles. The molecule has 0 spiro atoms. The smallest absolute Gasteiger partial charge is 0.345 e. The second-order valence-corrected chi connectivity index (χ2v) is 3.70. The molecule has 0 atom stereocenters. The number of hydrogen-bond donors (Lipinski definition) is 0. The van der Waals surface area contributed by atoms with Gasteiger partial charge in [-0.1, -0.05) is 6.07 Å². The van der Waals surface area contributed by atoms with Crippen molar-refractivity contribution >= 4 is 17.5 Å². The lowest BCUT2D eigenvalue weighted by Crippen LogP contribution is -2.20. The molecule has 114 valence electrons. The van der Waals surface area contributed by atoms with Crippen LogP contribution in [0.4, 0.5) is 17.6 Å². The molecule has 0 fully saturated rings. The van der Waals surface area contributed by atoms with E-state index in [2.05, 4.69) is 9.47 Å². The van der Waals surface area contributed by atoms with Gasteiger partial charge in [-0.05, 0) is 17.7 Å². The van der Waals surface area contributed by atoms with Crippen molar-refractivity contribution in [3.63, 3.8) is 0 Å². The summed E-state index contributed by atoms with van der Waals surface area (Å²) in [7, 11) is 1.75. The van der Waals surface area contributed by atoms with E-state index in [0.29, 0.717) is 12.1 Å². The summed E-state index contributed by atoms with van der Waals surface area (Å²) in [6, 6.07) is 1.85. The van der Waals surface area contributed by atoms with E-state index in [4.69, 9.17) is 0 Å². The summed E-state index contributed by atoms with van der Waals surface area (Å²) in [4.78, 5) is 23.0. The number of carbonyl (C=O) groups excluding carboxylic acids is 2. The number of hydrogen-bond acceptors (Lipinski definition) is 4. The molecule has 8 heteroatoms. The summed E-state index contributed by atoms with van der Waals surface area (Å²) >= 11 is 0. The Morgan fingerprint density at radius 1 is 1.00 bits per heavy atom. The Hall–Kier alpha value is -2.38. The first-order valence-electron chi connectivity index (χ1n) is 5.47. The standard InChI is InChI=1S/C13H10F4O4/c1-20-12(18)10(13(19)21-2)9(11(16)17)6-3-4-7(14)8(15)5-6/h3-5,11H,1-2H3. The van der Waals surface area contributed by atoms with Crippen LogP contribution in [0.25, 0.3) is 5.57 Å². The SMILES string of the molecule is COC(=O)C(C(=O)OC)=C(c1ccc(F)c(F)c1)C(F)F. The lowest BCUT2D eigenvalue weighted by Gasteiger charge is -2.12. The first kappa shape index (κ1) is 16.7. The third-order valence-electron chi connectivity index (χ3n) is 2.50. The van der Waals surface area contributed by atoms with Crippen molar-refractivity contribution in [3.05, 3.63) is 41.0 Å². The number of alkyl halides is 2. The molecule has 0 aromatic heterocycles. The average Bonchev–Trinajstić information content (AvgIpc) is 2.45. The number of esters is 2. The summed E-state index contributed by atoms with van der Waals surface area (Å²) in [5, 5.41) is 0. The van der Waals surface area contributed by atoms with E-state index in [9.17, 15) is 27.2 Å². The third kappa shape index (κ3) is 3.59. The van der Waals surface area contributed by atoms with Crippen LogP contribution in [0.15, 0.2) is 23.8 Å². The van der Waals surface area contributed by atoms with Crippen LogP contribution in [0.1, 0.15) is 5.56 Å². The van der Waals surface area contributed by atoms with Crippen molar-refractivity contribution in [1.29, 1.82) is 0 Å². The first-order chi connectivity index (χ1) is 9.83. The molecule has 0 amide bonds. The van der Waals surface area contributed by atoms with Gasteiger partial charge in [-0.15, -0.1) is 0 Å². The number of benzene rings is 1. The fourth-order valence-electron chi connectivity index (χ4n) is 1.55. The molecular formula is C13H10F4O4. The highest BCUT2D eigenvalue weighted by Gasteiger charge is 2.31. The van der Waals surface area contributed by atoms with Gasteiger partial charge in [-0.2, -0.15) is 0 Å². The van der Waals surface area contributed by atoms with E-state index in [-0.39, 0.29) is 0 Å². The Bertz CT molecular complexity index is 578. The number of halogens is 4. The van der Waals surface area contributed by atoms with E-state index >= 15 is 0 Å². The Balaban J connectivity index is 3.62. The van der Waals surface area contributed by atoms with Crippen molar-refractivity contribution in [1.82, 2.24) is 0 Å². The van der Waals surface area contributed by atoms with Crippen molar-refractivity contribution in [2.45, 2.75) is 6.43 Å². The largest absolute Gasteiger partial charge is 0.465 e. The predicted octanol–water partition coefficient (Wildman–Crippen LogP) is 2.33. The Kier molecular flexibility index (Phi) is 5.45. The molecule has 4 nitrogen and oxygen atoms in total. The van der Waals surface area contributed by atoms with Gasteiger partial charge in [0.1, 0.15) is 0 Å². The zero-order valence-electron chi connectivity index (χ0n) is 11.0. The van der Waals surface area contributed by atoms with Gasteiger partial charge in [0.2, 0.25) is 0 Å². The highest BCUT2D eigenvalue weighted by molar-refractivity contribution is 6.20. The second kappa shape index (κ2) is 6.87. The zero-order valence-corrected chi connectivity index (χ0v) is 11.0. The van der Waals surface area contributed by atoms with Crippen LogP contribution in [0.3, 0.4) is 0 Å². The van der Waals surface area contributed by atoms with E-state index in [1.165, 1.54) is 0 Å². The molecule has 1 aromatic carbocycles. The van der Waals surface area contributed by atoms with Crippen LogP contribution >= 0.6 is 0 Å². The molecule has 1 aromatic rings. The molecule has 1 rings (SSSR count). The summed E-state index contributed by atoms with van der Waals surface area (Å²) in [5.74, 6) is -5.41. The van der Waals surface area contributed by atoms with Crippen molar-refractivity contribution in [2.75, 3.05) is 14.2 Å². The summed E-state index contributed by atoms with van der Waals surface area (Å²) in [6.45, 7) is 0. The minimum absolute atomic E-state index is 0.447. The summed E-state index contributed by atoms with van der Waals surface area (Å²) < 4.78 is 60.8. The lowest BCUT2D eigenvalue weighted by atomic mass is 9.99. The number of ether oxygens (including phenoxy) is 2. The maximum absolute atomic E-state index is 13.2. The van der Waals surface area contributed by atoms with Crippen LogP contribution in [0, 0.1) is 11.6 Å². The van der Waals surface area contributed by atoms with Gasteiger partial charge in [0.15, 0.2) is 17.2 Å². The minimum Gasteiger partial charge on any atom is -0.465 e. The highest BCUT2D eigenvalue weighted by Crippen LogP contribution is 2.28. The third-order valence-corrected chi connectivity index (χ3v) is 2.50. The summed E-state index contributed by atoms with van der Waals surface area (Å²) in [6.07, 6.45) is -3.32. The van der Waals surface area contributed by atoms with Crippen LogP contribution < -0.4 is 0 Å². The predicted molar refractivity (Wildman–Crippen MR) is 63.3 cm³/mol. The van der Waals surface area contributed by atoms with Gasteiger partial charge < -0.3 is 9.47 Å². The van der Waals surface area contributed by atoms with E-state index < -0.39 is 46.7 Å². The molecule has 0 heterocycles. The Morgan fingerprint density at radius 3 is 1.90 bits per heavy atom. The van der Waals surface area contributed by atoms with Gasteiger partial charge >= 0.3 is 11.9 Å². The van der Waals surface area contributed by atoms with Crippen LogP contribution in [0.2, 0.25) is 0 Å². The monoisotopic (exact) mass is 306 g/mol. The molecule has 0 unspecified atom stereocenters. The fourth-order valence-corrected chi connectivity index (χ4v) is 1.55. The minimum atomic E-state index is -3.32. The van der Waals surface area contributed by atoms with Crippen molar-refractivity contribution in [2.24, 2.45) is 0 Å². The van der Waals surface area contributed by atoms with Crippen LogP contribution in [0.5, 0.6) is 0 Å². The lowest BCUT2D eigenvalue weighted by molar-refractivity contribution is -0.144. The maximum atomic E-state index is 13.2. The highest BCUT2D eigenvalue weighted by atomic mass is 19.3. The molecule has 0 aliphatic heterocycles.